The van der Waals surface area contributed by atoms with Crippen molar-refractivity contribution in [2.75, 3.05) is 6.54 Å². The van der Waals surface area contributed by atoms with Gasteiger partial charge in [0.2, 0.25) is 0 Å². The Kier molecular flexibility index (Phi) is 3.70. The van der Waals surface area contributed by atoms with Gasteiger partial charge in [0.1, 0.15) is 5.82 Å². The van der Waals surface area contributed by atoms with E-state index in [0.29, 0.717) is 5.92 Å². The van der Waals surface area contributed by atoms with Crippen LogP contribution in [0.4, 0.5) is 0 Å². The number of H-pyrrole nitrogens is 1. The number of hydrogen-bond donors (Lipinski definition) is 1. The zero-order valence-electron chi connectivity index (χ0n) is 10.2. The van der Waals surface area contributed by atoms with Gasteiger partial charge in [0.25, 0.3) is 0 Å². The Morgan fingerprint density at radius 2 is 2.06 bits per heavy atom. The van der Waals surface area contributed by atoms with Gasteiger partial charge in [0.05, 0.1) is 11.9 Å². The van der Waals surface area contributed by atoms with Crippen molar-refractivity contribution in [2.45, 2.75) is 13.8 Å². The lowest BCUT2D eigenvalue weighted by Crippen LogP contribution is -1.92. The molecule has 0 spiro atoms. The van der Waals surface area contributed by atoms with E-state index in [1.807, 2.05) is 42.7 Å². The van der Waals surface area contributed by atoms with Crippen LogP contribution in [-0.2, 0) is 0 Å². The second-order valence-electron chi connectivity index (χ2n) is 4.44. The van der Waals surface area contributed by atoms with E-state index >= 15 is 0 Å². The Hall–Kier alpha value is -1.90. The van der Waals surface area contributed by atoms with Crippen LogP contribution in [0.15, 0.2) is 41.5 Å². The predicted octanol–water partition coefficient (Wildman–Crippen LogP) is 3.15. The molecule has 88 valence electrons. The molecule has 0 amide bonds. The number of nitrogens with zero attached hydrogens (tertiary/aromatic N) is 2. The summed E-state index contributed by atoms with van der Waals surface area (Å²) in [5.41, 5.74) is 2.04. The molecule has 2 rings (SSSR count). The molecule has 0 atom stereocenters. The molecule has 0 aliphatic rings. The summed E-state index contributed by atoms with van der Waals surface area (Å²) in [6, 6.07) is 10.1. The predicted molar refractivity (Wildman–Crippen MR) is 71.3 cm³/mol. The minimum absolute atomic E-state index is 0.586. The summed E-state index contributed by atoms with van der Waals surface area (Å²) in [6.07, 6.45) is 3.66. The van der Waals surface area contributed by atoms with Crippen LogP contribution in [0.2, 0.25) is 0 Å². The molecule has 0 saturated heterocycles. The highest BCUT2D eigenvalue weighted by atomic mass is 14.9. The number of aromatic amines is 1. The molecule has 0 fully saturated rings. The second kappa shape index (κ2) is 5.43. The SMILES string of the molecule is CC(C)CN=Cc1cnc(-c2ccccc2)[nH]1. The summed E-state index contributed by atoms with van der Waals surface area (Å²) in [6.45, 7) is 5.15. The van der Waals surface area contributed by atoms with Crippen molar-refractivity contribution in [3.63, 3.8) is 0 Å². The molecule has 0 saturated carbocycles. The van der Waals surface area contributed by atoms with Crippen molar-refractivity contribution in [3.8, 4) is 11.4 Å². The van der Waals surface area contributed by atoms with Gasteiger partial charge in [0.15, 0.2) is 0 Å². The number of aromatic nitrogens is 2. The van der Waals surface area contributed by atoms with Gasteiger partial charge in [-0.25, -0.2) is 4.98 Å². The number of benzene rings is 1. The Balaban J connectivity index is 2.09. The Labute approximate surface area is 102 Å². The quantitative estimate of drug-likeness (QED) is 0.801. The van der Waals surface area contributed by atoms with Crippen molar-refractivity contribution in [1.82, 2.24) is 9.97 Å². The first-order valence-electron chi connectivity index (χ1n) is 5.86. The number of rotatable bonds is 4. The minimum Gasteiger partial charge on any atom is -0.337 e. The van der Waals surface area contributed by atoms with Crippen LogP contribution >= 0.6 is 0 Å². The maximum absolute atomic E-state index is 4.35. The van der Waals surface area contributed by atoms with E-state index in [4.69, 9.17) is 0 Å². The molecule has 1 heterocycles. The molecule has 1 aromatic carbocycles. The smallest absolute Gasteiger partial charge is 0.137 e. The molecule has 3 heteroatoms. The Morgan fingerprint density at radius 1 is 1.29 bits per heavy atom. The van der Waals surface area contributed by atoms with Gasteiger partial charge in [-0.3, -0.25) is 4.99 Å². The summed E-state index contributed by atoms with van der Waals surface area (Å²) in [5, 5.41) is 0. The van der Waals surface area contributed by atoms with Crippen LogP contribution < -0.4 is 0 Å². The average Bonchev–Trinajstić information content (AvgIpc) is 2.78. The molecule has 1 N–H and O–H groups in total. The van der Waals surface area contributed by atoms with Crippen LogP contribution in [0, 0.1) is 5.92 Å². The van der Waals surface area contributed by atoms with Gasteiger partial charge in [-0.2, -0.15) is 0 Å². The summed E-state index contributed by atoms with van der Waals surface area (Å²) in [5.74, 6) is 1.47. The van der Waals surface area contributed by atoms with E-state index in [0.717, 1.165) is 23.6 Å². The molecule has 0 bridgehead atoms. The topological polar surface area (TPSA) is 41.0 Å². The first-order chi connectivity index (χ1) is 8.25. The van der Waals surface area contributed by atoms with Crippen molar-refractivity contribution in [3.05, 3.63) is 42.2 Å². The van der Waals surface area contributed by atoms with Crippen LogP contribution in [0.3, 0.4) is 0 Å². The molecular weight excluding hydrogens is 210 g/mol. The van der Waals surface area contributed by atoms with Crippen molar-refractivity contribution in [1.29, 1.82) is 0 Å². The van der Waals surface area contributed by atoms with Gasteiger partial charge >= 0.3 is 0 Å². The van der Waals surface area contributed by atoms with Crippen molar-refractivity contribution in [2.24, 2.45) is 10.9 Å². The van der Waals surface area contributed by atoms with E-state index in [-0.39, 0.29) is 0 Å². The van der Waals surface area contributed by atoms with Crippen LogP contribution in [0.5, 0.6) is 0 Å². The van der Waals surface area contributed by atoms with Crippen LogP contribution in [-0.4, -0.2) is 22.7 Å². The van der Waals surface area contributed by atoms with Crippen LogP contribution in [0.1, 0.15) is 19.5 Å². The van der Waals surface area contributed by atoms with Crippen molar-refractivity contribution >= 4 is 6.21 Å². The highest BCUT2D eigenvalue weighted by Crippen LogP contribution is 2.13. The summed E-state index contributed by atoms with van der Waals surface area (Å²) >= 11 is 0. The first kappa shape index (κ1) is 11.6. The van der Waals surface area contributed by atoms with E-state index in [1.54, 1.807) is 0 Å². The molecule has 3 nitrogen and oxygen atoms in total. The lowest BCUT2D eigenvalue weighted by molar-refractivity contribution is 0.667. The van der Waals surface area contributed by atoms with E-state index < -0.39 is 0 Å². The van der Waals surface area contributed by atoms with Gasteiger partial charge in [-0.1, -0.05) is 44.2 Å². The maximum Gasteiger partial charge on any atom is 0.137 e. The van der Waals surface area contributed by atoms with Crippen molar-refractivity contribution < 1.29 is 0 Å². The molecule has 2 aromatic rings. The summed E-state index contributed by atoms with van der Waals surface area (Å²) in [7, 11) is 0. The highest BCUT2D eigenvalue weighted by molar-refractivity contribution is 5.77. The number of nitrogens with one attached hydrogen (secondary N) is 1. The third-order valence-corrected chi connectivity index (χ3v) is 2.34. The molecule has 17 heavy (non-hydrogen) atoms. The lowest BCUT2D eigenvalue weighted by atomic mass is 10.2. The monoisotopic (exact) mass is 227 g/mol. The summed E-state index contributed by atoms with van der Waals surface area (Å²) in [4.78, 5) is 11.9. The van der Waals surface area contributed by atoms with E-state index in [2.05, 4.69) is 28.8 Å². The summed E-state index contributed by atoms with van der Waals surface area (Å²) < 4.78 is 0. The van der Waals surface area contributed by atoms with Gasteiger partial charge in [0, 0.05) is 18.3 Å². The molecule has 0 unspecified atom stereocenters. The molecular formula is C14H17N3. The molecule has 0 aliphatic heterocycles. The van der Waals surface area contributed by atoms with E-state index in [9.17, 15) is 0 Å². The normalized spacial score (nSPS) is 11.5. The molecule has 0 aliphatic carbocycles. The Morgan fingerprint density at radius 3 is 2.76 bits per heavy atom. The number of hydrogen-bond acceptors (Lipinski definition) is 2. The minimum atomic E-state index is 0.586. The van der Waals surface area contributed by atoms with Crippen LogP contribution in [0.25, 0.3) is 11.4 Å². The maximum atomic E-state index is 4.35. The molecule has 0 radical (unpaired) electrons. The average molecular weight is 227 g/mol. The third-order valence-electron chi connectivity index (χ3n) is 2.34. The fourth-order valence-corrected chi connectivity index (χ4v) is 1.51. The standard InChI is InChI=1S/C14H17N3/c1-11(2)8-15-9-13-10-16-14(17-13)12-6-4-3-5-7-12/h3-7,9-11H,8H2,1-2H3,(H,16,17). The van der Waals surface area contributed by atoms with Gasteiger partial charge < -0.3 is 4.98 Å². The van der Waals surface area contributed by atoms with Gasteiger partial charge in [-0.05, 0) is 5.92 Å². The second-order valence-corrected chi connectivity index (χ2v) is 4.44. The Bertz CT molecular complexity index is 483. The lowest BCUT2D eigenvalue weighted by Gasteiger charge is -1.96. The third kappa shape index (κ3) is 3.28. The molecule has 1 aromatic heterocycles. The fraction of sp³-hybridized carbons (Fsp3) is 0.286. The largest absolute Gasteiger partial charge is 0.337 e. The highest BCUT2D eigenvalue weighted by Gasteiger charge is 2.00. The van der Waals surface area contributed by atoms with Gasteiger partial charge in [-0.15, -0.1) is 0 Å². The zero-order valence-corrected chi connectivity index (χ0v) is 10.2. The first-order valence-corrected chi connectivity index (χ1v) is 5.86. The van der Waals surface area contributed by atoms with E-state index in [1.165, 1.54) is 0 Å². The number of imidazole rings is 1. The number of aliphatic imine (C=N–C) groups is 1. The zero-order chi connectivity index (χ0) is 12.1. The fourth-order valence-electron chi connectivity index (χ4n) is 1.51.